The van der Waals surface area contributed by atoms with Crippen molar-refractivity contribution in [3.8, 4) is 16.9 Å². The second kappa shape index (κ2) is 7.30. The van der Waals surface area contributed by atoms with E-state index in [1.54, 1.807) is 12.0 Å². The van der Waals surface area contributed by atoms with Gasteiger partial charge in [0.15, 0.2) is 0 Å². The summed E-state index contributed by atoms with van der Waals surface area (Å²) in [6.07, 6.45) is 3.45. The fourth-order valence-corrected chi connectivity index (χ4v) is 3.86. The van der Waals surface area contributed by atoms with E-state index in [1.165, 1.54) is 0 Å². The monoisotopic (exact) mass is 378 g/mol. The molecule has 1 atom stereocenters. The van der Waals surface area contributed by atoms with E-state index in [2.05, 4.69) is 5.32 Å². The van der Waals surface area contributed by atoms with Crippen LogP contribution in [0.2, 0.25) is 0 Å². The molecular weight excluding hydrogens is 352 g/mol. The predicted molar refractivity (Wildman–Crippen MR) is 109 cm³/mol. The lowest BCUT2D eigenvalue weighted by molar-refractivity contribution is -0.140. The number of anilines is 1. The molecule has 5 heteroatoms. The summed E-state index contributed by atoms with van der Waals surface area (Å²) in [6, 6.07) is 15.1. The number of para-hydroxylation sites is 1. The molecule has 2 fully saturated rings. The Morgan fingerprint density at radius 3 is 2.50 bits per heavy atom. The van der Waals surface area contributed by atoms with Crippen LogP contribution in [-0.4, -0.2) is 36.4 Å². The molecule has 1 N–H and O–H groups in total. The molecule has 1 aliphatic carbocycles. The quantitative estimate of drug-likeness (QED) is 0.852. The Morgan fingerprint density at radius 2 is 1.82 bits per heavy atom. The molecule has 1 saturated carbocycles. The zero-order chi connectivity index (χ0) is 19.7. The summed E-state index contributed by atoms with van der Waals surface area (Å²) in [7, 11) is 1.64. The Balaban J connectivity index is 1.54. The Hall–Kier alpha value is -2.82. The SMILES string of the molecule is COc1ccc(-c2ccccc2NC(=O)C2CCCN2C(=O)C2(C)CC2)cc1. The molecule has 146 valence electrons. The number of likely N-dealkylation sites (tertiary alicyclic amines) is 1. The number of ether oxygens (including phenoxy) is 1. The summed E-state index contributed by atoms with van der Waals surface area (Å²) in [5.74, 6) is 0.823. The molecule has 0 aromatic heterocycles. The van der Waals surface area contributed by atoms with E-state index in [4.69, 9.17) is 4.74 Å². The Kier molecular flexibility index (Phi) is 4.84. The Bertz CT molecular complexity index is 887. The van der Waals surface area contributed by atoms with Gasteiger partial charge in [-0.05, 0) is 49.4 Å². The van der Waals surface area contributed by atoms with E-state index in [0.717, 1.165) is 48.2 Å². The minimum absolute atomic E-state index is 0.101. The summed E-state index contributed by atoms with van der Waals surface area (Å²) in [6.45, 7) is 2.67. The van der Waals surface area contributed by atoms with Crippen LogP contribution in [0.25, 0.3) is 11.1 Å². The average Bonchev–Trinajstić information content (AvgIpc) is 3.28. The molecule has 1 unspecified atom stereocenters. The molecule has 1 saturated heterocycles. The maximum atomic E-state index is 13.0. The minimum Gasteiger partial charge on any atom is -0.497 e. The molecule has 2 aliphatic rings. The number of methoxy groups -OCH3 is 1. The van der Waals surface area contributed by atoms with Gasteiger partial charge in [-0.1, -0.05) is 37.3 Å². The molecule has 2 aromatic carbocycles. The van der Waals surface area contributed by atoms with Crippen LogP contribution in [0, 0.1) is 5.41 Å². The van der Waals surface area contributed by atoms with Crippen LogP contribution < -0.4 is 10.1 Å². The first kappa shape index (κ1) is 18.5. The number of carbonyl (C=O) groups is 2. The first-order valence-corrected chi connectivity index (χ1v) is 9.87. The van der Waals surface area contributed by atoms with E-state index in [9.17, 15) is 9.59 Å². The zero-order valence-electron chi connectivity index (χ0n) is 16.4. The smallest absolute Gasteiger partial charge is 0.247 e. The Morgan fingerprint density at radius 1 is 1.11 bits per heavy atom. The maximum absolute atomic E-state index is 13.0. The van der Waals surface area contributed by atoms with Crippen molar-refractivity contribution in [1.29, 1.82) is 0 Å². The van der Waals surface area contributed by atoms with Crippen LogP contribution in [-0.2, 0) is 9.59 Å². The van der Waals surface area contributed by atoms with Crippen molar-refractivity contribution in [2.75, 3.05) is 19.0 Å². The first-order valence-electron chi connectivity index (χ1n) is 9.87. The summed E-state index contributed by atoms with van der Waals surface area (Å²) in [5.41, 5.74) is 2.46. The third-order valence-corrected chi connectivity index (χ3v) is 5.92. The number of amides is 2. The van der Waals surface area contributed by atoms with Crippen LogP contribution in [0.1, 0.15) is 32.6 Å². The van der Waals surface area contributed by atoms with Gasteiger partial charge < -0.3 is 15.0 Å². The number of carbonyl (C=O) groups excluding carboxylic acids is 2. The molecule has 2 amide bonds. The maximum Gasteiger partial charge on any atom is 0.247 e. The summed E-state index contributed by atoms with van der Waals surface area (Å²) < 4.78 is 5.23. The first-order chi connectivity index (χ1) is 13.5. The third-order valence-electron chi connectivity index (χ3n) is 5.92. The molecule has 4 rings (SSSR count). The van der Waals surface area contributed by atoms with Crippen molar-refractivity contribution in [1.82, 2.24) is 4.90 Å². The number of rotatable bonds is 5. The number of nitrogens with one attached hydrogen (secondary N) is 1. The van der Waals surface area contributed by atoms with Gasteiger partial charge in [-0.3, -0.25) is 9.59 Å². The zero-order valence-corrected chi connectivity index (χ0v) is 16.4. The van der Waals surface area contributed by atoms with Gasteiger partial charge in [0.1, 0.15) is 11.8 Å². The van der Waals surface area contributed by atoms with Crippen LogP contribution in [0.5, 0.6) is 5.75 Å². The highest BCUT2D eigenvalue weighted by Gasteiger charge is 2.50. The van der Waals surface area contributed by atoms with Gasteiger partial charge in [0.25, 0.3) is 0 Å². The van der Waals surface area contributed by atoms with Crippen molar-refractivity contribution >= 4 is 17.5 Å². The molecule has 0 bridgehead atoms. The molecule has 0 radical (unpaired) electrons. The van der Waals surface area contributed by atoms with Gasteiger partial charge in [0.2, 0.25) is 11.8 Å². The van der Waals surface area contributed by atoms with Gasteiger partial charge >= 0.3 is 0 Å². The van der Waals surface area contributed by atoms with E-state index < -0.39 is 0 Å². The van der Waals surface area contributed by atoms with Gasteiger partial charge in [0.05, 0.1) is 7.11 Å². The summed E-state index contributed by atoms with van der Waals surface area (Å²) >= 11 is 0. The van der Waals surface area contributed by atoms with Crippen LogP contribution >= 0.6 is 0 Å². The predicted octanol–water partition coefficient (Wildman–Crippen LogP) is 4.09. The number of hydrogen-bond donors (Lipinski definition) is 1. The van der Waals surface area contributed by atoms with E-state index in [0.29, 0.717) is 6.54 Å². The minimum atomic E-state index is -0.381. The highest BCUT2D eigenvalue weighted by atomic mass is 16.5. The highest BCUT2D eigenvalue weighted by molar-refractivity contribution is 6.01. The molecule has 5 nitrogen and oxygen atoms in total. The number of benzene rings is 2. The standard InChI is InChI=1S/C23H26N2O3/c1-23(13-14-23)22(27)25-15-5-8-20(25)21(26)24-19-7-4-3-6-18(19)16-9-11-17(28-2)12-10-16/h3-4,6-7,9-12,20H,5,8,13-15H2,1-2H3,(H,24,26). The second-order valence-electron chi connectivity index (χ2n) is 7.98. The van der Waals surface area contributed by atoms with E-state index >= 15 is 0 Å². The topological polar surface area (TPSA) is 58.6 Å². The normalized spacial score (nSPS) is 19.9. The van der Waals surface area contributed by atoms with Gasteiger partial charge in [-0.25, -0.2) is 0 Å². The largest absolute Gasteiger partial charge is 0.497 e. The van der Waals surface area contributed by atoms with Crippen molar-refractivity contribution in [3.63, 3.8) is 0 Å². The molecule has 1 heterocycles. The molecule has 1 aliphatic heterocycles. The van der Waals surface area contributed by atoms with Crippen molar-refractivity contribution in [2.24, 2.45) is 5.41 Å². The van der Waals surface area contributed by atoms with E-state index in [1.807, 2.05) is 55.5 Å². The van der Waals surface area contributed by atoms with Crippen LogP contribution in [0.4, 0.5) is 5.69 Å². The molecule has 2 aromatic rings. The molecule has 0 spiro atoms. The van der Waals surface area contributed by atoms with E-state index in [-0.39, 0.29) is 23.3 Å². The van der Waals surface area contributed by atoms with Crippen molar-refractivity contribution in [3.05, 3.63) is 48.5 Å². The van der Waals surface area contributed by atoms with Crippen LogP contribution in [0.3, 0.4) is 0 Å². The average molecular weight is 378 g/mol. The lowest BCUT2D eigenvalue weighted by Gasteiger charge is -2.27. The fourth-order valence-electron chi connectivity index (χ4n) is 3.86. The van der Waals surface area contributed by atoms with Gasteiger partial charge in [0, 0.05) is 23.2 Å². The number of hydrogen-bond acceptors (Lipinski definition) is 3. The van der Waals surface area contributed by atoms with Gasteiger partial charge in [-0.2, -0.15) is 0 Å². The number of nitrogens with zero attached hydrogens (tertiary/aromatic N) is 1. The fraction of sp³-hybridized carbons (Fsp3) is 0.391. The third kappa shape index (κ3) is 3.49. The second-order valence-corrected chi connectivity index (χ2v) is 7.98. The van der Waals surface area contributed by atoms with Crippen molar-refractivity contribution < 1.29 is 14.3 Å². The van der Waals surface area contributed by atoms with Gasteiger partial charge in [-0.15, -0.1) is 0 Å². The van der Waals surface area contributed by atoms with Crippen LogP contribution in [0.15, 0.2) is 48.5 Å². The summed E-state index contributed by atoms with van der Waals surface area (Å²) in [4.78, 5) is 27.6. The highest BCUT2D eigenvalue weighted by Crippen LogP contribution is 2.47. The Labute approximate surface area is 165 Å². The lowest BCUT2D eigenvalue weighted by atomic mass is 10.0. The lowest BCUT2D eigenvalue weighted by Crippen LogP contribution is -2.45. The molecular formula is C23H26N2O3. The summed E-state index contributed by atoms with van der Waals surface area (Å²) in [5, 5.41) is 3.07. The molecule has 28 heavy (non-hydrogen) atoms. The van der Waals surface area contributed by atoms with Crippen molar-refractivity contribution in [2.45, 2.75) is 38.6 Å².